The van der Waals surface area contributed by atoms with E-state index >= 15 is 0 Å². The van der Waals surface area contributed by atoms with Crippen LogP contribution in [0.5, 0.6) is 0 Å². The number of rotatable bonds is 4. The molecule has 1 heterocycles. The summed E-state index contributed by atoms with van der Waals surface area (Å²) in [7, 11) is 1.14. The van der Waals surface area contributed by atoms with Crippen molar-refractivity contribution in [3.8, 4) is 0 Å². The Balaban J connectivity index is 1.92. The maximum Gasteiger partial charge on any atom is 0.413 e. The van der Waals surface area contributed by atoms with E-state index in [0.717, 1.165) is 24.2 Å². The molecule has 2 amide bonds. The van der Waals surface area contributed by atoms with Crippen LogP contribution >= 0.6 is 23.5 Å². The van der Waals surface area contributed by atoms with Crippen LogP contribution in [0.4, 0.5) is 4.79 Å². The molecule has 0 aromatic heterocycles. The zero-order valence-corrected chi connectivity index (χ0v) is 15.1. The number of esters is 1. The molecule has 0 aliphatic carbocycles. The van der Waals surface area contributed by atoms with Crippen molar-refractivity contribution < 1.29 is 23.9 Å². The minimum atomic E-state index is -1.10. The second-order valence-electron chi connectivity index (χ2n) is 5.08. The predicted molar refractivity (Wildman–Crippen MR) is 94.1 cm³/mol. The van der Waals surface area contributed by atoms with Crippen LogP contribution in [0.2, 0.25) is 0 Å². The first-order valence-electron chi connectivity index (χ1n) is 7.44. The summed E-state index contributed by atoms with van der Waals surface area (Å²) < 4.78 is 9.77. The van der Waals surface area contributed by atoms with Crippen LogP contribution in [0.3, 0.4) is 0 Å². The number of thioether (sulfide) groups is 2. The Bertz CT molecular complexity index is 599. The Kier molecular flexibility index (Phi) is 6.99. The predicted octanol–water partition coefficient (Wildman–Crippen LogP) is 2.98. The summed E-state index contributed by atoms with van der Waals surface area (Å²) >= 11 is 3.81. The fourth-order valence-corrected chi connectivity index (χ4v) is 4.89. The Morgan fingerprint density at radius 3 is 2.38 bits per heavy atom. The second-order valence-corrected chi connectivity index (χ2v) is 7.80. The number of alkyl carbamates (subject to hydrolysis) is 1. The fourth-order valence-electron chi connectivity index (χ4n) is 1.99. The standard InChI is InChI=1S/C16H19NO5S2/c1-10(13(18)17-16(20)21-2)22-14(19)11-4-6-12(7-5-11)15-23-8-3-9-24-15/h4-7,10,15H,3,8-9H2,1-2H3,(H,17,18,20)/t10-/m0/s1. The van der Waals surface area contributed by atoms with Gasteiger partial charge in [-0.05, 0) is 42.5 Å². The Morgan fingerprint density at radius 1 is 1.17 bits per heavy atom. The molecule has 24 heavy (non-hydrogen) atoms. The van der Waals surface area contributed by atoms with Gasteiger partial charge in [0.2, 0.25) is 0 Å². The van der Waals surface area contributed by atoms with E-state index in [2.05, 4.69) is 4.74 Å². The summed E-state index contributed by atoms with van der Waals surface area (Å²) in [5, 5.41) is 1.96. The summed E-state index contributed by atoms with van der Waals surface area (Å²) in [6, 6.07) is 7.20. The monoisotopic (exact) mass is 369 g/mol. The molecule has 0 bridgehead atoms. The largest absolute Gasteiger partial charge is 0.453 e. The summed E-state index contributed by atoms with van der Waals surface area (Å²) in [4.78, 5) is 34.7. The van der Waals surface area contributed by atoms with E-state index in [9.17, 15) is 14.4 Å². The molecule has 130 valence electrons. The summed E-state index contributed by atoms with van der Waals surface area (Å²) in [6.45, 7) is 1.39. The fraction of sp³-hybridized carbons (Fsp3) is 0.438. The maximum absolute atomic E-state index is 12.1. The number of benzene rings is 1. The normalized spacial score (nSPS) is 16.1. The molecule has 2 rings (SSSR count). The molecular formula is C16H19NO5S2. The first-order chi connectivity index (χ1) is 11.5. The number of ether oxygens (including phenoxy) is 2. The van der Waals surface area contributed by atoms with Crippen molar-refractivity contribution in [1.82, 2.24) is 5.32 Å². The maximum atomic E-state index is 12.1. The zero-order valence-electron chi connectivity index (χ0n) is 13.4. The lowest BCUT2D eigenvalue weighted by atomic mass is 10.1. The lowest BCUT2D eigenvalue weighted by molar-refractivity contribution is -0.128. The van der Waals surface area contributed by atoms with Crippen LogP contribution in [0.25, 0.3) is 0 Å². The quantitative estimate of drug-likeness (QED) is 0.817. The average Bonchev–Trinajstić information content (AvgIpc) is 2.62. The number of imide groups is 1. The smallest absolute Gasteiger partial charge is 0.413 e. The van der Waals surface area contributed by atoms with E-state index < -0.39 is 24.1 Å². The molecule has 1 aromatic carbocycles. The van der Waals surface area contributed by atoms with E-state index in [1.165, 1.54) is 13.3 Å². The lowest BCUT2D eigenvalue weighted by Gasteiger charge is -2.21. The highest BCUT2D eigenvalue weighted by atomic mass is 32.2. The number of carbonyl (C=O) groups is 3. The van der Waals surface area contributed by atoms with E-state index in [1.807, 2.05) is 41.0 Å². The van der Waals surface area contributed by atoms with Gasteiger partial charge in [0.15, 0.2) is 6.10 Å². The summed E-state index contributed by atoms with van der Waals surface area (Å²) in [5.74, 6) is 0.947. The van der Waals surface area contributed by atoms with Crippen LogP contribution < -0.4 is 5.32 Å². The van der Waals surface area contributed by atoms with Crippen molar-refractivity contribution in [2.24, 2.45) is 0 Å². The van der Waals surface area contributed by atoms with Crippen LogP contribution in [0.1, 0.15) is 33.8 Å². The van der Waals surface area contributed by atoms with Gasteiger partial charge in [-0.15, -0.1) is 23.5 Å². The van der Waals surface area contributed by atoms with Crippen LogP contribution in [-0.2, 0) is 14.3 Å². The molecule has 0 radical (unpaired) electrons. The molecule has 8 heteroatoms. The molecule has 1 atom stereocenters. The van der Waals surface area contributed by atoms with Crippen molar-refractivity contribution in [2.75, 3.05) is 18.6 Å². The number of nitrogens with one attached hydrogen (secondary N) is 1. The van der Waals surface area contributed by atoms with Gasteiger partial charge in [-0.1, -0.05) is 12.1 Å². The Morgan fingerprint density at radius 2 is 1.79 bits per heavy atom. The molecule has 1 fully saturated rings. The van der Waals surface area contributed by atoms with Gasteiger partial charge in [-0.3, -0.25) is 10.1 Å². The topological polar surface area (TPSA) is 81.7 Å². The second kappa shape index (κ2) is 8.98. The first kappa shape index (κ1) is 18.7. The molecule has 1 aliphatic rings. The van der Waals surface area contributed by atoms with Crippen molar-refractivity contribution >= 4 is 41.5 Å². The van der Waals surface area contributed by atoms with Crippen molar-refractivity contribution in [3.05, 3.63) is 35.4 Å². The average molecular weight is 369 g/mol. The number of amides is 2. The van der Waals surface area contributed by atoms with Crippen LogP contribution in [-0.4, -0.2) is 42.7 Å². The molecule has 1 aromatic rings. The molecule has 0 spiro atoms. The number of hydrogen-bond donors (Lipinski definition) is 1. The molecule has 6 nitrogen and oxygen atoms in total. The van der Waals surface area contributed by atoms with Gasteiger partial charge in [0.05, 0.1) is 17.3 Å². The van der Waals surface area contributed by atoms with E-state index in [-0.39, 0.29) is 0 Å². The first-order valence-corrected chi connectivity index (χ1v) is 9.54. The minimum Gasteiger partial charge on any atom is -0.453 e. The van der Waals surface area contributed by atoms with Crippen molar-refractivity contribution in [2.45, 2.75) is 24.0 Å². The molecule has 1 aliphatic heterocycles. The highest BCUT2D eigenvalue weighted by molar-refractivity contribution is 8.16. The SMILES string of the molecule is COC(=O)NC(=O)[C@H](C)OC(=O)c1ccc(C2SCCCS2)cc1. The van der Waals surface area contributed by atoms with Gasteiger partial charge in [0.25, 0.3) is 5.91 Å². The highest BCUT2D eigenvalue weighted by Crippen LogP contribution is 2.43. The third-order valence-corrected chi connectivity index (χ3v) is 6.32. The number of hydrogen-bond acceptors (Lipinski definition) is 7. The lowest BCUT2D eigenvalue weighted by Crippen LogP contribution is -2.39. The highest BCUT2D eigenvalue weighted by Gasteiger charge is 2.22. The van der Waals surface area contributed by atoms with Gasteiger partial charge < -0.3 is 9.47 Å². The van der Waals surface area contributed by atoms with Gasteiger partial charge in [-0.2, -0.15) is 0 Å². The van der Waals surface area contributed by atoms with Gasteiger partial charge >= 0.3 is 12.1 Å². The Labute approximate surface area is 149 Å². The summed E-state index contributed by atoms with van der Waals surface area (Å²) in [6.07, 6.45) is -0.766. The molecule has 1 N–H and O–H groups in total. The van der Waals surface area contributed by atoms with Gasteiger partial charge in [0, 0.05) is 0 Å². The van der Waals surface area contributed by atoms with Crippen molar-refractivity contribution in [1.29, 1.82) is 0 Å². The number of carbonyl (C=O) groups excluding carboxylic acids is 3. The van der Waals surface area contributed by atoms with E-state index in [1.54, 1.807) is 12.1 Å². The molecule has 0 unspecified atom stereocenters. The molecular weight excluding hydrogens is 350 g/mol. The summed E-state index contributed by atoms with van der Waals surface area (Å²) in [5.41, 5.74) is 1.53. The number of methoxy groups -OCH3 is 1. The third kappa shape index (κ3) is 5.17. The van der Waals surface area contributed by atoms with Gasteiger partial charge in [-0.25, -0.2) is 9.59 Å². The minimum absolute atomic E-state index is 0.363. The van der Waals surface area contributed by atoms with E-state index in [0.29, 0.717) is 10.1 Å². The van der Waals surface area contributed by atoms with Crippen molar-refractivity contribution in [3.63, 3.8) is 0 Å². The molecule has 0 saturated carbocycles. The van der Waals surface area contributed by atoms with Gasteiger partial charge in [0.1, 0.15) is 0 Å². The van der Waals surface area contributed by atoms with Crippen LogP contribution in [0.15, 0.2) is 24.3 Å². The molecule has 1 saturated heterocycles. The van der Waals surface area contributed by atoms with Crippen LogP contribution in [0, 0.1) is 0 Å². The third-order valence-electron chi connectivity index (χ3n) is 3.31. The zero-order chi connectivity index (χ0) is 17.5. The van der Waals surface area contributed by atoms with E-state index in [4.69, 9.17) is 4.74 Å². The Hall–Kier alpha value is -1.67.